The van der Waals surface area contributed by atoms with Crippen molar-refractivity contribution in [3.63, 3.8) is 0 Å². The monoisotopic (exact) mass is 265 g/mol. The molecule has 99 valence electrons. The number of phenolic OH excluding ortho intramolecular Hbond substituents is 1. The lowest BCUT2D eigenvalue weighted by molar-refractivity contribution is 0.0994. The molecule has 1 radical (unpaired) electrons. The third-order valence-electron chi connectivity index (χ3n) is 3.26. The number of carbonyl (C=O) groups excluding carboxylic acids is 1. The maximum Gasteiger partial charge on any atom is 0.260 e. The van der Waals surface area contributed by atoms with Gasteiger partial charge in [-0.15, -0.1) is 0 Å². The van der Waals surface area contributed by atoms with E-state index in [1.54, 1.807) is 30.1 Å². The average Bonchev–Trinajstić information content (AvgIpc) is 2.89. The molecule has 3 aromatic rings. The van der Waals surface area contributed by atoms with Crippen LogP contribution in [-0.4, -0.2) is 23.0 Å². The van der Waals surface area contributed by atoms with Crippen molar-refractivity contribution < 1.29 is 9.90 Å². The normalized spacial score (nSPS) is 10.7. The van der Waals surface area contributed by atoms with Crippen LogP contribution in [0.3, 0.4) is 0 Å². The van der Waals surface area contributed by atoms with E-state index in [1.165, 1.54) is 0 Å². The molecule has 0 atom stereocenters. The number of hydrogen-bond donors (Lipinski definition) is 2. The second-order valence-corrected chi connectivity index (χ2v) is 4.55. The Kier molecular flexibility index (Phi) is 2.91. The van der Waals surface area contributed by atoms with E-state index in [4.69, 9.17) is 0 Å². The van der Waals surface area contributed by atoms with Gasteiger partial charge in [0.25, 0.3) is 5.91 Å². The molecule has 0 fully saturated rings. The van der Waals surface area contributed by atoms with Crippen molar-refractivity contribution >= 4 is 22.5 Å². The summed E-state index contributed by atoms with van der Waals surface area (Å²) in [5, 5.41) is 10.2. The standard InChI is InChI=1S/C16H13N2O2/c1-18(11-5-3-2-4-6-11)16(20)14-10-17-15-8-7-12(19)9-13(14)15/h2-9,17,19H,1H3. The Balaban J connectivity index is 2.03. The van der Waals surface area contributed by atoms with E-state index in [0.29, 0.717) is 10.9 Å². The highest BCUT2D eigenvalue weighted by molar-refractivity contribution is 6.13. The number of benzene rings is 2. The number of aromatic nitrogens is 1. The largest absolute Gasteiger partial charge is 0.508 e. The summed E-state index contributed by atoms with van der Waals surface area (Å²) in [5.74, 6) is -0.0463. The van der Waals surface area contributed by atoms with Crippen LogP contribution >= 0.6 is 0 Å². The van der Waals surface area contributed by atoms with Crippen molar-refractivity contribution in [2.75, 3.05) is 11.9 Å². The van der Waals surface area contributed by atoms with E-state index in [1.807, 2.05) is 30.3 Å². The fourth-order valence-electron chi connectivity index (χ4n) is 2.15. The van der Waals surface area contributed by atoms with Crippen LogP contribution in [0, 0.1) is 6.20 Å². The lowest BCUT2D eigenvalue weighted by Crippen LogP contribution is -2.25. The SMILES string of the molecule is CN(C(=O)c1[c][nH]c2ccc(O)cc12)c1ccccc1. The Hall–Kier alpha value is -2.75. The molecule has 0 saturated heterocycles. The van der Waals surface area contributed by atoms with E-state index >= 15 is 0 Å². The maximum atomic E-state index is 12.5. The van der Waals surface area contributed by atoms with E-state index in [9.17, 15) is 9.90 Å². The van der Waals surface area contributed by atoms with E-state index in [2.05, 4.69) is 11.2 Å². The molecule has 1 heterocycles. The fourth-order valence-corrected chi connectivity index (χ4v) is 2.15. The van der Waals surface area contributed by atoms with Crippen molar-refractivity contribution in [3.05, 3.63) is 60.3 Å². The van der Waals surface area contributed by atoms with Gasteiger partial charge in [-0.1, -0.05) is 18.2 Å². The number of rotatable bonds is 2. The van der Waals surface area contributed by atoms with Gasteiger partial charge < -0.3 is 15.0 Å². The number of hydrogen-bond acceptors (Lipinski definition) is 2. The van der Waals surface area contributed by atoms with E-state index in [-0.39, 0.29) is 11.7 Å². The van der Waals surface area contributed by atoms with Gasteiger partial charge in [0, 0.05) is 23.6 Å². The molecular formula is C16H13N2O2. The minimum absolute atomic E-state index is 0.127. The Morgan fingerprint density at radius 1 is 1.20 bits per heavy atom. The van der Waals surface area contributed by atoms with Gasteiger partial charge in [0.15, 0.2) is 0 Å². The van der Waals surface area contributed by atoms with Crippen LogP contribution in [0.4, 0.5) is 5.69 Å². The van der Waals surface area contributed by atoms with Crippen LogP contribution in [0.25, 0.3) is 10.9 Å². The predicted octanol–water partition coefficient (Wildman–Crippen LogP) is 2.95. The number of nitrogens with zero attached hydrogens (tertiary/aromatic N) is 1. The van der Waals surface area contributed by atoms with Crippen LogP contribution in [0.5, 0.6) is 5.75 Å². The minimum Gasteiger partial charge on any atom is -0.508 e. The summed E-state index contributed by atoms with van der Waals surface area (Å²) in [7, 11) is 1.72. The Labute approximate surface area is 116 Å². The highest BCUT2D eigenvalue weighted by Crippen LogP contribution is 2.24. The molecule has 2 aromatic carbocycles. The number of aromatic amines is 1. The zero-order chi connectivity index (χ0) is 14.1. The van der Waals surface area contributed by atoms with Gasteiger partial charge in [0.05, 0.1) is 11.8 Å². The summed E-state index contributed by atoms with van der Waals surface area (Å²) in [6.45, 7) is 0. The smallest absolute Gasteiger partial charge is 0.260 e. The molecule has 0 unspecified atom stereocenters. The van der Waals surface area contributed by atoms with Gasteiger partial charge in [-0.25, -0.2) is 0 Å². The number of H-pyrrole nitrogens is 1. The second-order valence-electron chi connectivity index (χ2n) is 4.55. The number of anilines is 1. The quantitative estimate of drug-likeness (QED) is 0.748. The third-order valence-corrected chi connectivity index (χ3v) is 3.26. The lowest BCUT2D eigenvalue weighted by atomic mass is 10.1. The topological polar surface area (TPSA) is 56.3 Å². The van der Waals surface area contributed by atoms with Gasteiger partial charge in [-0.2, -0.15) is 0 Å². The Morgan fingerprint density at radius 2 is 1.95 bits per heavy atom. The Morgan fingerprint density at radius 3 is 2.70 bits per heavy atom. The maximum absolute atomic E-state index is 12.5. The first-order chi connectivity index (χ1) is 9.66. The number of nitrogens with one attached hydrogen (secondary N) is 1. The number of fused-ring (bicyclic) bond motifs is 1. The molecule has 3 rings (SSSR count). The number of amides is 1. The highest BCUT2D eigenvalue weighted by Gasteiger charge is 2.18. The summed E-state index contributed by atoms with van der Waals surface area (Å²) in [6.07, 6.45) is 2.86. The molecule has 0 spiro atoms. The minimum atomic E-state index is -0.173. The average molecular weight is 265 g/mol. The van der Waals surface area contributed by atoms with E-state index < -0.39 is 0 Å². The molecule has 4 nitrogen and oxygen atoms in total. The number of carbonyl (C=O) groups is 1. The van der Waals surface area contributed by atoms with Gasteiger partial charge in [-0.05, 0) is 30.3 Å². The van der Waals surface area contributed by atoms with Crippen molar-refractivity contribution in [2.45, 2.75) is 0 Å². The fraction of sp³-hybridized carbons (Fsp3) is 0.0625. The number of phenols is 1. The van der Waals surface area contributed by atoms with Gasteiger partial charge >= 0.3 is 0 Å². The first-order valence-corrected chi connectivity index (χ1v) is 6.22. The summed E-state index contributed by atoms with van der Waals surface area (Å²) < 4.78 is 0. The Bertz CT molecular complexity index is 763. The molecule has 1 aromatic heterocycles. The first-order valence-electron chi connectivity index (χ1n) is 6.22. The molecule has 0 aliphatic carbocycles. The van der Waals surface area contributed by atoms with Crippen LogP contribution in [-0.2, 0) is 0 Å². The van der Waals surface area contributed by atoms with Gasteiger partial charge in [-0.3, -0.25) is 4.79 Å². The molecular weight excluding hydrogens is 252 g/mol. The van der Waals surface area contributed by atoms with Gasteiger partial charge in [0.2, 0.25) is 0 Å². The van der Waals surface area contributed by atoms with Crippen molar-refractivity contribution in [1.29, 1.82) is 0 Å². The third kappa shape index (κ3) is 2.01. The number of para-hydroxylation sites is 1. The van der Waals surface area contributed by atoms with Crippen LogP contribution in [0.1, 0.15) is 10.4 Å². The predicted molar refractivity (Wildman–Crippen MR) is 78.0 cm³/mol. The summed E-state index contributed by atoms with van der Waals surface area (Å²) in [6, 6.07) is 14.2. The number of aromatic hydroxyl groups is 1. The molecule has 2 N–H and O–H groups in total. The van der Waals surface area contributed by atoms with Crippen molar-refractivity contribution in [1.82, 2.24) is 4.98 Å². The summed E-state index contributed by atoms with van der Waals surface area (Å²) >= 11 is 0. The molecule has 0 bridgehead atoms. The lowest BCUT2D eigenvalue weighted by Gasteiger charge is -2.16. The van der Waals surface area contributed by atoms with E-state index in [0.717, 1.165) is 11.2 Å². The van der Waals surface area contributed by atoms with Crippen LogP contribution < -0.4 is 4.90 Å². The molecule has 4 heteroatoms. The summed E-state index contributed by atoms with van der Waals surface area (Å²) in [4.78, 5) is 17.0. The zero-order valence-corrected chi connectivity index (χ0v) is 10.9. The molecule has 0 aliphatic heterocycles. The highest BCUT2D eigenvalue weighted by atomic mass is 16.3. The van der Waals surface area contributed by atoms with Gasteiger partial charge in [0.1, 0.15) is 5.75 Å². The zero-order valence-electron chi connectivity index (χ0n) is 10.9. The first kappa shape index (κ1) is 12.3. The summed E-state index contributed by atoms with van der Waals surface area (Å²) in [5.41, 5.74) is 2.00. The van der Waals surface area contributed by atoms with Crippen LogP contribution in [0.2, 0.25) is 0 Å². The van der Waals surface area contributed by atoms with Crippen molar-refractivity contribution in [3.8, 4) is 5.75 Å². The molecule has 0 saturated carbocycles. The molecule has 0 aliphatic rings. The van der Waals surface area contributed by atoms with Crippen LogP contribution in [0.15, 0.2) is 48.5 Å². The van der Waals surface area contributed by atoms with Crippen molar-refractivity contribution in [2.24, 2.45) is 0 Å². The molecule has 1 amide bonds. The molecule has 20 heavy (non-hydrogen) atoms. The second kappa shape index (κ2) is 4.74.